The van der Waals surface area contributed by atoms with E-state index in [1.807, 2.05) is 24.0 Å². The molecule has 0 aliphatic carbocycles. The van der Waals surface area contributed by atoms with Gasteiger partial charge in [-0.3, -0.25) is 4.90 Å². The van der Waals surface area contributed by atoms with Gasteiger partial charge in [0.15, 0.2) is 0 Å². The molecule has 0 N–H and O–H groups in total. The van der Waals surface area contributed by atoms with E-state index in [-0.39, 0.29) is 0 Å². The van der Waals surface area contributed by atoms with Crippen LogP contribution in [0.4, 0.5) is 5.82 Å². The summed E-state index contributed by atoms with van der Waals surface area (Å²) >= 11 is 2.00. The topological polar surface area (TPSA) is 58.3 Å². The number of rotatable bonds is 6. The summed E-state index contributed by atoms with van der Waals surface area (Å²) in [6, 6.07) is 14.9. The monoisotopic (exact) mass is 435 g/mol. The van der Waals surface area contributed by atoms with Gasteiger partial charge in [-0.05, 0) is 56.0 Å². The van der Waals surface area contributed by atoms with Gasteiger partial charge in [0.25, 0.3) is 0 Å². The normalized spacial score (nSPS) is 18.4. The second-order valence-corrected chi connectivity index (χ2v) is 9.65. The van der Waals surface area contributed by atoms with Gasteiger partial charge in [0.05, 0.1) is 6.54 Å². The van der Waals surface area contributed by atoms with Crippen LogP contribution in [0.2, 0.25) is 0 Å². The van der Waals surface area contributed by atoms with Crippen molar-refractivity contribution in [3.8, 4) is 11.4 Å². The molecule has 31 heavy (non-hydrogen) atoms. The van der Waals surface area contributed by atoms with Crippen LogP contribution in [0.25, 0.3) is 11.4 Å². The van der Waals surface area contributed by atoms with Crippen molar-refractivity contribution in [3.63, 3.8) is 0 Å². The third-order valence-corrected chi connectivity index (χ3v) is 7.18. The molecule has 162 valence electrons. The molecule has 0 radical (unpaired) electrons. The van der Waals surface area contributed by atoms with Gasteiger partial charge in [0.1, 0.15) is 5.82 Å². The highest BCUT2D eigenvalue weighted by Gasteiger charge is 2.21. The second kappa shape index (κ2) is 9.83. The fourth-order valence-electron chi connectivity index (χ4n) is 4.42. The number of likely N-dealkylation sites (tertiary alicyclic amines) is 1. The van der Waals surface area contributed by atoms with Gasteiger partial charge in [-0.2, -0.15) is 16.7 Å². The zero-order valence-corrected chi connectivity index (χ0v) is 18.6. The Balaban J connectivity index is 1.13. The summed E-state index contributed by atoms with van der Waals surface area (Å²) < 4.78 is 5.55. The molecule has 2 saturated heterocycles. The van der Waals surface area contributed by atoms with Gasteiger partial charge in [-0.15, -0.1) is 0 Å². The van der Waals surface area contributed by atoms with Gasteiger partial charge >= 0.3 is 0 Å². The van der Waals surface area contributed by atoms with E-state index in [0.29, 0.717) is 11.7 Å². The lowest BCUT2D eigenvalue weighted by atomic mass is 9.90. The van der Waals surface area contributed by atoms with Gasteiger partial charge in [-0.25, -0.2) is 4.98 Å². The van der Waals surface area contributed by atoms with Gasteiger partial charge in [-0.1, -0.05) is 35.5 Å². The summed E-state index contributed by atoms with van der Waals surface area (Å²) in [7, 11) is 0. The minimum atomic E-state index is 0.627. The maximum atomic E-state index is 5.55. The first-order valence-corrected chi connectivity index (χ1v) is 12.4. The average Bonchev–Trinajstić information content (AvgIpc) is 3.30. The van der Waals surface area contributed by atoms with Crippen LogP contribution in [-0.2, 0) is 13.0 Å². The highest BCUT2D eigenvalue weighted by Crippen LogP contribution is 2.24. The number of piperidine rings is 1. The van der Waals surface area contributed by atoms with Gasteiger partial charge in [0, 0.05) is 36.4 Å². The van der Waals surface area contributed by atoms with Crippen molar-refractivity contribution in [1.29, 1.82) is 0 Å². The largest absolute Gasteiger partial charge is 0.355 e. The van der Waals surface area contributed by atoms with E-state index in [9.17, 15) is 0 Å². The number of hydrogen-bond acceptors (Lipinski definition) is 7. The van der Waals surface area contributed by atoms with Gasteiger partial charge < -0.3 is 9.42 Å². The molecule has 2 fully saturated rings. The van der Waals surface area contributed by atoms with E-state index in [0.717, 1.165) is 50.0 Å². The Morgan fingerprint density at radius 2 is 1.77 bits per heavy atom. The quantitative estimate of drug-likeness (QED) is 0.577. The first-order chi connectivity index (χ1) is 15.3. The van der Waals surface area contributed by atoms with Crippen molar-refractivity contribution in [2.45, 2.75) is 25.8 Å². The zero-order valence-electron chi connectivity index (χ0n) is 17.8. The summed E-state index contributed by atoms with van der Waals surface area (Å²) in [4.78, 5) is 14.0. The van der Waals surface area contributed by atoms with Crippen molar-refractivity contribution in [3.05, 3.63) is 60.1 Å². The Bertz CT molecular complexity index is 948. The smallest absolute Gasteiger partial charge is 0.241 e. The third-order valence-electron chi connectivity index (χ3n) is 6.24. The molecule has 2 aliphatic rings. The lowest BCUT2D eigenvalue weighted by molar-refractivity contribution is 0.159. The lowest BCUT2D eigenvalue weighted by Crippen LogP contribution is -2.33. The van der Waals surface area contributed by atoms with E-state index >= 15 is 0 Å². The average molecular weight is 436 g/mol. The van der Waals surface area contributed by atoms with Gasteiger partial charge in [0.2, 0.25) is 11.7 Å². The highest BCUT2D eigenvalue weighted by atomic mass is 32.2. The number of anilines is 1. The van der Waals surface area contributed by atoms with Crippen LogP contribution in [0.15, 0.2) is 53.2 Å². The van der Waals surface area contributed by atoms with Crippen molar-refractivity contribution in [2.75, 3.05) is 42.6 Å². The molecule has 1 aromatic carbocycles. The van der Waals surface area contributed by atoms with E-state index in [1.54, 1.807) is 0 Å². The molecule has 2 aromatic heterocycles. The summed E-state index contributed by atoms with van der Waals surface area (Å²) in [5.41, 5.74) is 2.35. The second-order valence-electron chi connectivity index (χ2n) is 8.43. The number of benzene rings is 1. The van der Waals surface area contributed by atoms with Crippen LogP contribution in [0, 0.1) is 5.92 Å². The third kappa shape index (κ3) is 5.28. The van der Waals surface area contributed by atoms with Crippen LogP contribution < -0.4 is 4.90 Å². The van der Waals surface area contributed by atoms with Crippen LogP contribution in [-0.4, -0.2) is 57.7 Å². The number of pyridine rings is 1. The summed E-state index contributed by atoms with van der Waals surface area (Å²) in [5.74, 6) is 5.45. The first-order valence-electron chi connectivity index (χ1n) is 11.2. The fourth-order valence-corrected chi connectivity index (χ4v) is 5.32. The number of hydrogen-bond donors (Lipinski definition) is 0. The number of thioether (sulfide) groups is 1. The van der Waals surface area contributed by atoms with Crippen LogP contribution in [0.1, 0.15) is 24.3 Å². The maximum absolute atomic E-state index is 5.55. The molecule has 7 heteroatoms. The van der Waals surface area contributed by atoms with Crippen molar-refractivity contribution in [2.24, 2.45) is 5.92 Å². The number of nitrogens with zero attached hydrogens (tertiary/aromatic N) is 5. The minimum absolute atomic E-state index is 0.627. The summed E-state index contributed by atoms with van der Waals surface area (Å²) in [6.45, 7) is 5.01. The molecule has 0 unspecified atom stereocenters. The minimum Gasteiger partial charge on any atom is -0.355 e. The summed E-state index contributed by atoms with van der Waals surface area (Å²) in [6.07, 6.45) is 5.48. The molecule has 0 spiro atoms. The Kier molecular flexibility index (Phi) is 6.51. The van der Waals surface area contributed by atoms with Crippen LogP contribution in [0.5, 0.6) is 0 Å². The Labute approximate surface area is 188 Å². The molecule has 0 saturated carbocycles. The molecule has 0 bridgehead atoms. The van der Waals surface area contributed by atoms with Crippen molar-refractivity contribution < 1.29 is 4.52 Å². The Hall–Kier alpha value is -2.38. The number of aromatic nitrogens is 3. The standard InChI is InChI=1S/C24H29N5OS/c1-2-4-19(5-3-1)16-20-8-10-28(11-9-20)18-23-26-24(27-30-23)21-6-7-22(25-17-21)29-12-14-31-15-13-29/h1-7,17,20H,8-16,18H2. The van der Waals surface area contributed by atoms with E-state index in [1.165, 1.54) is 36.3 Å². The SMILES string of the molecule is c1ccc(CC2CCN(Cc3nc(-c4ccc(N5CCSCC5)nc4)no3)CC2)cc1. The Morgan fingerprint density at radius 1 is 0.968 bits per heavy atom. The first kappa shape index (κ1) is 20.5. The van der Waals surface area contributed by atoms with E-state index < -0.39 is 0 Å². The van der Waals surface area contributed by atoms with Crippen molar-refractivity contribution in [1.82, 2.24) is 20.0 Å². The molecule has 6 nitrogen and oxygen atoms in total. The van der Waals surface area contributed by atoms with Crippen LogP contribution >= 0.6 is 11.8 Å². The van der Waals surface area contributed by atoms with Crippen LogP contribution in [0.3, 0.4) is 0 Å². The maximum Gasteiger partial charge on any atom is 0.241 e. The van der Waals surface area contributed by atoms with E-state index in [2.05, 4.69) is 61.3 Å². The molecule has 4 heterocycles. The van der Waals surface area contributed by atoms with E-state index in [4.69, 9.17) is 4.52 Å². The summed E-state index contributed by atoms with van der Waals surface area (Å²) in [5, 5.41) is 4.20. The molecular weight excluding hydrogens is 406 g/mol. The molecule has 2 aliphatic heterocycles. The lowest BCUT2D eigenvalue weighted by Gasteiger charge is -2.31. The molecule has 5 rings (SSSR count). The molecule has 0 amide bonds. The Morgan fingerprint density at radius 3 is 2.52 bits per heavy atom. The predicted octanol–water partition coefficient (Wildman–Crippen LogP) is 4.14. The molecular formula is C24H29N5OS. The fraction of sp³-hybridized carbons (Fsp3) is 0.458. The molecule has 0 atom stereocenters. The van der Waals surface area contributed by atoms with Crippen molar-refractivity contribution >= 4 is 17.6 Å². The highest BCUT2D eigenvalue weighted by molar-refractivity contribution is 7.99. The zero-order chi connectivity index (χ0) is 20.9. The predicted molar refractivity (Wildman–Crippen MR) is 125 cm³/mol. The molecule has 3 aromatic rings.